The zero-order chi connectivity index (χ0) is 18.3. The van der Waals surface area contributed by atoms with Gasteiger partial charge in [-0.05, 0) is 38.7 Å². The maximum atomic E-state index is 12.4. The summed E-state index contributed by atoms with van der Waals surface area (Å²) in [6.45, 7) is 7.34. The van der Waals surface area contributed by atoms with E-state index in [1.54, 1.807) is 20.8 Å². The molecule has 0 bridgehead atoms. The molecule has 2 aromatic rings. The Morgan fingerprint density at radius 1 is 1.44 bits per heavy atom. The van der Waals surface area contributed by atoms with Crippen molar-refractivity contribution in [2.45, 2.75) is 40.2 Å². The van der Waals surface area contributed by atoms with Crippen LogP contribution in [0.1, 0.15) is 54.4 Å². The Labute approximate surface area is 148 Å². The summed E-state index contributed by atoms with van der Waals surface area (Å²) in [6.07, 6.45) is 0.174. The van der Waals surface area contributed by atoms with Gasteiger partial charge in [-0.25, -0.2) is 9.78 Å². The van der Waals surface area contributed by atoms with Gasteiger partial charge in [0, 0.05) is 0 Å². The number of aromatic amines is 1. The molecule has 0 saturated heterocycles. The lowest BCUT2D eigenvalue weighted by atomic mass is 10.2. The number of ether oxygens (including phenoxy) is 2. The average molecular weight is 364 g/mol. The third kappa shape index (κ3) is 3.30. The molecule has 0 unspecified atom stereocenters. The summed E-state index contributed by atoms with van der Waals surface area (Å²) in [5.41, 5.74) is 0.196. The van der Waals surface area contributed by atoms with Gasteiger partial charge in [0.2, 0.25) is 0 Å². The predicted octanol–water partition coefficient (Wildman–Crippen LogP) is 2.73. The molecule has 1 N–H and O–H groups in total. The topological polar surface area (TPSA) is 98.3 Å². The molecule has 0 radical (unpaired) electrons. The summed E-state index contributed by atoms with van der Waals surface area (Å²) in [4.78, 5) is 44.2. The van der Waals surface area contributed by atoms with E-state index < -0.39 is 12.1 Å². The van der Waals surface area contributed by atoms with E-state index in [-0.39, 0.29) is 29.9 Å². The fraction of sp³-hybridized carbons (Fsp3) is 0.529. The molecule has 0 aliphatic heterocycles. The van der Waals surface area contributed by atoms with E-state index in [1.165, 1.54) is 0 Å². The zero-order valence-corrected chi connectivity index (χ0v) is 15.4. The lowest BCUT2D eigenvalue weighted by Gasteiger charge is -2.12. The van der Waals surface area contributed by atoms with E-state index in [1.807, 2.05) is 6.92 Å². The van der Waals surface area contributed by atoms with Crippen LogP contribution in [0, 0.1) is 18.8 Å². The summed E-state index contributed by atoms with van der Waals surface area (Å²) >= 11 is 1.11. The number of carbonyl (C=O) groups excluding carboxylic acids is 2. The third-order valence-corrected chi connectivity index (χ3v) is 5.54. The highest BCUT2D eigenvalue weighted by atomic mass is 32.1. The van der Waals surface area contributed by atoms with Crippen LogP contribution in [-0.4, -0.2) is 28.5 Å². The molecule has 7 nitrogen and oxygen atoms in total. The number of aryl methyl sites for hydroxylation is 1. The molecule has 3 rings (SSSR count). The Morgan fingerprint density at radius 3 is 2.72 bits per heavy atom. The molecule has 1 fully saturated rings. The average Bonchev–Trinajstić information content (AvgIpc) is 3.18. The van der Waals surface area contributed by atoms with Gasteiger partial charge in [0.25, 0.3) is 5.56 Å². The summed E-state index contributed by atoms with van der Waals surface area (Å²) < 4.78 is 10.4. The Hall–Kier alpha value is -2.22. The second-order valence-electron chi connectivity index (χ2n) is 6.31. The molecule has 3 atom stereocenters. The van der Waals surface area contributed by atoms with E-state index >= 15 is 0 Å². The molecule has 1 aliphatic rings. The fourth-order valence-electron chi connectivity index (χ4n) is 2.71. The van der Waals surface area contributed by atoms with E-state index in [0.29, 0.717) is 26.6 Å². The molecular weight excluding hydrogens is 344 g/mol. The van der Waals surface area contributed by atoms with E-state index in [4.69, 9.17) is 9.47 Å². The van der Waals surface area contributed by atoms with Crippen molar-refractivity contribution in [1.82, 2.24) is 9.97 Å². The van der Waals surface area contributed by atoms with Crippen LogP contribution in [0.4, 0.5) is 0 Å². The van der Waals surface area contributed by atoms with Crippen molar-refractivity contribution in [3.05, 3.63) is 26.6 Å². The number of hydrogen-bond donors (Lipinski definition) is 1. The highest BCUT2D eigenvalue weighted by Gasteiger charge is 2.41. The molecule has 0 spiro atoms. The van der Waals surface area contributed by atoms with Gasteiger partial charge in [-0.15, -0.1) is 11.3 Å². The predicted molar refractivity (Wildman–Crippen MR) is 92.7 cm³/mol. The van der Waals surface area contributed by atoms with Crippen molar-refractivity contribution >= 4 is 33.5 Å². The third-order valence-electron chi connectivity index (χ3n) is 4.37. The zero-order valence-electron chi connectivity index (χ0n) is 14.5. The van der Waals surface area contributed by atoms with Gasteiger partial charge in [0.05, 0.1) is 17.9 Å². The molecule has 25 heavy (non-hydrogen) atoms. The van der Waals surface area contributed by atoms with Gasteiger partial charge < -0.3 is 14.5 Å². The molecule has 1 aliphatic carbocycles. The number of aromatic nitrogens is 2. The van der Waals surface area contributed by atoms with Crippen molar-refractivity contribution in [2.24, 2.45) is 11.8 Å². The number of hydrogen-bond acceptors (Lipinski definition) is 7. The number of fused-ring (bicyclic) bond motifs is 1. The van der Waals surface area contributed by atoms with Crippen LogP contribution in [0.25, 0.3) is 10.2 Å². The molecule has 2 aromatic heterocycles. The van der Waals surface area contributed by atoms with Crippen LogP contribution in [0.15, 0.2) is 4.79 Å². The number of thiophene rings is 1. The van der Waals surface area contributed by atoms with Crippen molar-refractivity contribution in [2.75, 3.05) is 6.61 Å². The first-order valence-electron chi connectivity index (χ1n) is 8.24. The monoisotopic (exact) mass is 364 g/mol. The quantitative estimate of drug-likeness (QED) is 0.819. The highest BCUT2D eigenvalue weighted by Crippen LogP contribution is 2.39. The summed E-state index contributed by atoms with van der Waals surface area (Å²) in [5, 5.41) is 0.367. The van der Waals surface area contributed by atoms with Gasteiger partial charge in [0.15, 0.2) is 11.9 Å². The SMILES string of the molecule is CCOC(=O)c1sc2nc([C@H](C)OC(=O)[C@@H]3C[C@@H]3C)[nH]c(=O)c2c1C. The minimum Gasteiger partial charge on any atom is -0.462 e. The van der Waals surface area contributed by atoms with Crippen molar-refractivity contribution in [3.63, 3.8) is 0 Å². The van der Waals surface area contributed by atoms with Crippen LogP contribution in [0.5, 0.6) is 0 Å². The Kier molecular flexibility index (Phi) is 4.64. The van der Waals surface area contributed by atoms with Gasteiger partial charge in [-0.1, -0.05) is 6.92 Å². The molecule has 0 amide bonds. The smallest absolute Gasteiger partial charge is 0.348 e. The van der Waals surface area contributed by atoms with Crippen molar-refractivity contribution < 1.29 is 19.1 Å². The summed E-state index contributed by atoms with van der Waals surface area (Å²) in [5.74, 6) is -0.169. The maximum Gasteiger partial charge on any atom is 0.348 e. The van der Waals surface area contributed by atoms with Crippen LogP contribution in [0.3, 0.4) is 0 Å². The Balaban J connectivity index is 1.91. The standard InChI is InChI=1S/C17H20N2O5S/c1-5-23-17(22)12-8(3)11-14(20)18-13(19-15(11)25-12)9(4)24-16(21)10-6-7(10)2/h7,9-10H,5-6H2,1-4H3,(H,18,19,20)/t7-,9-,10+/m0/s1. The summed E-state index contributed by atoms with van der Waals surface area (Å²) in [6, 6.07) is 0. The van der Waals surface area contributed by atoms with Gasteiger partial charge in [-0.3, -0.25) is 9.59 Å². The minimum atomic E-state index is -0.661. The first-order valence-corrected chi connectivity index (χ1v) is 9.06. The molecule has 8 heteroatoms. The van der Waals surface area contributed by atoms with Crippen LogP contribution >= 0.6 is 11.3 Å². The largest absolute Gasteiger partial charge is 0.462 e. The molecule has 0 aromatic carbocycles. The van der Waals surface area contributed by atoms with Gasteiger partial charge in [0.1, 0.15) is 9.71 Å². The van der Waals surface area contributed by atoms with Crippen LogP contribution < -0.4 is 5.56 Å². The molecular formula is C17H20N2O5S. The highest BCUT2D eigenvalue weighted by molar-refractivity contribution is 7.20. The van der Waals surface area contributed by atoms with Gasteiger partial charge >= 0.3 is 11.9 Å². The molecule has 1 saturated carbocycles. The second-order valence-corrected chi connectivity index (χ2v) is 7.31. The number of esters is 2. The van der Waals surface area contributed by atoms with Crippen molar-refractivity contribution in [3.8, 4) is 0 Å². The number of carbonyl (C=O) groups is 2. The normalized spacial score (nSPS) is 20.3. The maximum absolute atomic E-state index is 12.4. The lowest BCUT2D eigenvalue weighted by Crippen LogP contribution is -2.18. The lowest BCUT2D eigenvalue weighted by molar-refractivity contribution is -0.150. The number of nitrogens with zero attached hydrogens (tertiary/aromatic N) is 1. The number of nitrogens with one attached hydrogen (secondary N) is 1. The van der Waals surface area contributed by atoms with Crippen LogP contribution in [-0.2, 0) is 14.3 Å². The Morgan fingerprint density at radius 2 is 2.12 bits per heavy atom. The van der Waals surface area contributed by atoms with E-state index in [9.17, 15) is 14.4 Å². The summed E-state index contributed by atoms with van der Waals surface area (Å²) in [7, 11) is 0. The van der Waals surface area contributed by atoms with Crippen molar-refractivity contribution in [1.29, 1.82) is 0 Å². The fourth-order valence-corrected chi connectivity index (χ4v) is 3.79. The van der Waals surface area contributed by atoms with E-state index in [0.717, 1.165) is 17.8 Å². The minimum absolute atomic E-state index is 0.0581. The first kappa shape index (κ1) is 17.6. The second kappa shape index (κ2) is 6.59. The van der Waals surface area contributed by atoms with Gasteiger partial charge in [-0.2, -0.15) is 0 Å². The number of H-pyrrole nitrogens is 1. The molecule has 134 valence electrons. The van der Waals surface area contributed by atoms with Crippen LogP contribution in [0.2, 0.25) is 0 Å². The first-order chi connectivity index (χ1) is 11.8. The Bertz CT molecular complexity index is 900. The molecule has 2 heterocycles. The van der Waals surface area contributed by atoms with E-state index in [2.05, 4.69) is 9.97 Å². The number of rotatable bonds is 5.